The standard InChI is InChI=1S/C13H19N3O2/c1-9-4-5-10(8-11(9)14)13(18)15-7-6-12(17)16(2)3/h4-5,8H,6-7,14H2,1-3H3,(H,15,18). The molecule has 5 heteroatoms. The van der Waals surface area contributed by atoms with Crippen LogP contribution in [0.15, 0.2) is 18.2 Å². The molecule has 2 amide bonds. The molecule has 0 aliphatic heterocycles. The summed E-state index contributed by atoms with van der Waals surface area (Å²) < 4.78 is 0. The summed E-state index contributed by atoms with van der Waals surface area (Å²) in [4.78, 5) is 24.6. The van der Waals surface area contributed by atoms with E-state index in [1.165, 1.54) is 4.90 Å². The molecule has 5 nitrogen and oxygen atoms in total. The molecule has 0 aliphatic rings. The maximum atomic E-state index is 11.8. The van der Waals surface area contributed by atoms with Crippen LogP contribution >= 0.6 is 0 Å². The Balaban J connectivity index is 2.50. The van der Waals surface area contributed by atoms with Crippen LogP contribution in [0.4, 0.5) is 5.69 Å². The van der Waals surface area contributed by atoms with Crippen LogP contribution in [0.2, 0.25) is 0 Å². The molecular weight excluding hydrogens is 230 g/mol. The Labute approximate surface area is 107 Å². The minimum absolute atomic E-state index is 0.0151. The van der Waals surface area contributed by atoms with Gasteiger partial charge in [0.05, 0.1) is 0 Å². The van der Waals surface area contributed by atoms with Gasteiger partial charge in [0.2, 0.25) is 5.91 Å². The molecule has 0 aliphatic carbocycles. The topological polar surface area (TPSA) is 75.4 Å². The van der Waals surface area contributed by atoms with E-state index >= 15 is 0 Å². The van der Waals surface area contributed by atoms with Crippen molar-refractivity contribution >= 4 is 17.5 Å². The van der Waals surface area contributed by atoms with Gasteiger partial charge >= 0.3 is 0 Å². The lowest BCUT2D eigenvalue weighted by Gasteiger charge is -2.11. The molecule has 0 unspecified atom stereocenters. The number of amides is 2. The molecule has 0 saturated heterocycles. The van der Waals surface area contributed by atoms with E-state index in [-0.39, 0.29) is 11.8 Å². The van der Waals surface area contributed by atoms with Gasteiger partial charge in [-0.3, -0.25) is 9.59 Å². The molecule has 1 rings (SSSR count). The third kappa shape index (κ3) is 3.76. The van der Waals surface area contributed by atoms with E-state index < -0.39 is 0 Å². The molecule has 0 bridgehead atoms. The highest BCUT2D eigenvalue weighted by Crippen LogP contribution is 2.12. The van der Waals surface area contributed by atoms with Crippen molar-refractivity contribution in [2.45, 2.75) is 13.3 Å². The zero-order chi connectivity index (χ0) is 13.7. The van der Waals surface area contributed by atoms with Crippen LogP contribution in [-0.4, -0.2) is 37.4 Å². The van der Waals surface area contributed by atoms with E-state index in [1.807, 2.05) is 6.92 Å². The number of nitrogens with zero attached hydrogens (tertiary/aromatic N) is 1. The number of anilines is 1. The fraction of sp³-hybridized carbons (Fsp3) is 0.385. The molecule has 0 radical (unpaired) electrons. The van der Waals surface area contributed by atoms with Crippen molar-refractivity contribution in [2.75, 3.05) is 26.4 Å². The second-order valence-corrected chi connectivity index (χ2v) is 4.37. The summed E-state index contributed by atoms with van der Waals surface area (Å²) in [6.07, 6.45) is 0.292. The average molecular weight is 249 g/mol. The summed E-state index contributed by atoms with van der Waals surface area (Å²) in [6.45, 7) is 2.20. The number of nitrogen functional groups attached to an aromatic ring is 1. The molecule has 0 saturated carbocycles. The maximum Gasteiger partial charge on any atom is 0.251 e. The summed E-state index contributed by atoms with van der Waals surface area (Å²) in [5, 5.41) is 2.69. The first-order valence-corrected chi connectivity index (χ1v) is 5.76. The lowest BCUT2D eigenvalue weighted by molar-refractivity contribution is -0.128. The lowest BCUT2D eigenvalue weighted by atomic mass is 10.1. The molecule has 98 valence electrons. The number of carbonyl (C=O) groups excluding carboxylic acids is 2. The van der Waals surface area contributed by atoms with Crippen molar-refractivity contribution in [2.24, 2.45) is 0 Å². The fourth-order valence-electron chi connectivity index (χ4n) is 1.39. The molecule has 0 aromatic heterocycles. The van der Waals surface area contributed by atoms with Gasteiger partial charge in [0.15, 0.2) is 0 Å². The Hall–Kier alpha value is -2.04. The van der Waals surface area contributed by atoms with Crippen molar-refractivity contribution in [1.29, 1.82) is 0 Å². The number of hydrogen-bond acceptors (Lipinski definition) is 3. The summed E-state index contributed by atoms with van der Waals surface area (Å²) in [7, 11) is 3.37. The number of nitrogens with one attached hydrogen (secondary N) is 1. The number of carbonyl (C=O) groups is 2. The Morgan fingerprint density at radius 3 is 2.56 bits per heavy atom. The summed E-state index contributed by atoms with van der Waals surface area (Å²) in [5.74, 6) is -0.230. The van der Waals surface area contributed by atoms with Crippen molar-refractivity contribution < 1.29 is 9.59 Å². The fourth-order valence-corrected chi connectivity index (χ4v) is 1.39. The van der Waals surface area contributed by atoms with Crippen molar-refractivity contribution in [1.82, 2.24) is 10.2 Å². The van der Waals surface area contributed by atoms with Gasteiger partial charge in [-0.2, -0.15) is 0 Å². The number of rotatable bonds is 4. The quantitative estimate of drug-likeness (QED) is 0.774. The first-order chi connectivity index (χ1) is 8.41. The van der Waals surface area contributed by atoms with Crippen LogP contribution in [-0.2, 0) is 4.79 Å². The van der Waals surface area contributed by atoms with Crippen molar-refractivity contribution in [3.63, 3.8) is 0 Å². The summed E-state index contributed by atoms with van der Waals surface area (Å²) in [6, 6.07) is 5.16. The SMILES string of the molecule is Cc1ccc(C(=O)NCCC(=O)N(C)C)cc1N. The Kier molecular flexibility index (Phi) is 4.71. The number of benzene rings is 1. The first-order valence-electron chi connectivity index (χ1n) is 5.76. The highest BCUT2D eigenvalue weighted by Gasteiger charge is 2.08. The number of aryl methyl sites for hydroxylation is 1. The van der Waals surface area contributed by atoms with Gasteiger partial charge in [-0.25, -0.2) is 0 Å². The molecule has 1 aromatic rings. The minimum atomic E-state index is -0.215. The van der Waals surface area contributed by atoms with Gasteiger partial charge in [-0.1, -0.05) is 6.07 Å². The van der Waals surface area contributed by atoms with Gasteiger partial charge in [-0.15, -0.1) is 0 Å². The molecule has 18 heavy (non-hydrogen) atoms. The number of hydrogen-bond donors (Lipinski definition) is 2. The lowest BCUT2D eigenvalue weighted by Crippen LogP contribution is -2.30. The van der Waals surface area contributed by atoms with E-state index in [0.29, 0.717) is 24.2 Å². The zero-order valence-electron chi connectivity index (χ0n) is 11.0. The van der Waals surface area contributed by atoms with E-state index in [0.717, 1.165) is 5.56 Å². The maximum absolute atomic E-state index is 11.8. The van der Waals surface area contributed by atoms with Crippen LogP contribution in [0, 0.1) is 6.92 Å². The molecule has 0 heterocycles. The van der Waals surface area contributed by atoms with Gasteiger partial charge in [0, 0.05) is 38.3 Å². The molecule has 0 spiro atoms. The van der Waals surface area contributed by atoms with Crippen LogP contribution in [0.3, 0.4) is 0 Å². The van der Waals surface area contributed by atoms with Crippen LogP contribution in [0.25, 0.3) is 0 Å². The highest BCUT2D eigenvalue weighted by molar-refractivity contribution is 5.95. The van der Waals surface area contributed by atoms with Gasteiger partial charge in [0.25, 0.3) is 5.91 Å². The normalized spacial score (nSPS) is 9.94. The summed E-state index contributed by atoms with van der Waals surface area (Å²) in [5.41, 5.74) is 7.77. The van der Waals surface area contributed by atoms with Crippen molar-refractivity contribution in [3.05, 3.63) is 29.3 Å². The molecular formula is C13H19N3O2. The van der Waals surface area contributed by atoms with E-state index in [2.05, 4.69) is 5.32 Å². The molecule has 1 aromatic carbocycles. The molecule has 3 N–H and O–H groups in total. The van der Waals surface area contributed by atoms with Crippen LogP contribution in [0.5, 0.6) is 0 Å². The van der Waals surface area contributed by atoms with E-state index in [4.69, 9.17) is 5.73 Å². The largest absolute Gasteiger partial charge is 0.398 e. The zero-order valence-corrected chi connectivity index (χ0v) is 11.0. The Morgan fingerprint density at radius 1 is 1.33 bits per heavy atom. The highest BCUT2D eigenvalue weighted by atomic mass is 16.2. The van der Waals surface area contributed by atoms with Crippen LogP contribution < -0.4 is 11.1 Å². The second-order valence-electron chi connectivity index (χ2n) is 4.37. The molecule has 0 fully saturated rings. The third-order valence-electron chi connectivity index (χ3n) is 2.66. The smallest absolute Gasteiger partial charge is 0.251 e. The van der Waals surface area contributed by atoms with Crippen molar-refractivity contribution in [3.8, 4) is 0 Å². The Morgan fingerprint density at radius 2 is 2.00 bits per heavy atom. The minimum Gasteiger partial charge on any atom is -0.398 e. The predicted molar refractivity (Wildman–Crippen MR) is 71.2 cm³/mol. The first kappa shape index (κ1) is 14.0. The van der Waals surface area contributed by atoms with Crippen LogP contribution in [0.1, 0.15) is 22.3 Å². The van der Waals surface area contributed by atoms with E-state index in [9.17, 15) is 9.59 Å². The third-order valence-corrected chi connectivity index (χ3v) is 2.66. The van der Waals surface area contributed by atoms with Gasteiger partial charge in [0.1, 0.15) is 0 Å². The Bertz CT molecular complexity index is 456. The van der Waals surface area contributed by atoms with E-state index in [1.54, 1.807) is 32.3 Å². The van der Waals surface area contributed by atoms with Gasteiger partial charge in [-0.05, 0) is 24.6 Å². The predicted octanol–water partition coefficient (Wildman–Crippen LogP) is 0.785. The number of nitrogens with two attached hydrogens (primary N) is 1. The monoisotopic (exact) mass is 249 g/mol. The summed E-state index contributed by atoms with van der Waals surface area (Å²) >= 11 is 0. The average Bonchev–Trinajstić information content (AvgIpc) is 2.32. The molecule has 0 atom stereocenters. The second kappa shape index (κ2) is 6.05. The van der Waals surface area contributed by atoms with Gasteiger partial charge < -0.3 is 16.0 Å².